The molecule has 0 spiro atoms. The van der Waals surface area contributed by atoms with Crippen LogP contribution in [-0.2, 0) is 0 Å². The van der Waals surface area contributed by atoms with E-state index in [1.165, 1.54) is 12.1 Å². The van der Waals surface area contributed by atoms with Gasteiger partial charge in [-0.15, -0.1) is 0 Å². The van der Waals surface area contributed by atoms with Crippen LogP contribution in [0, 0.1) is 11.6 Å². The standard InChI is InChI=1S/C12H13F2N3O/c1-2-4-9(15)11-16-12(18-17-11)7-5-3-6-8(13)10(7)14/h3,5-6,9H,2,4,15H2,1H3. The number of benzene rings is 1. The second kappa shape index (κ2) is 5.22. The molecule has 2 N–H and O–H groups in total. The van der Waals surface area contributed by atoms with E-state index in [2.05, 4.69) is 10.1 Å². The highest BCUT2D eigenvalue weighted by atomic mass is 19.2. The molecule has 0 aliphatic rings. The van der Waals surface area contributed by atoms with Crippen LogP contribution < -0.4 is 5.73 Å². The Bertz CT molecular complexity index is 542. The third kappa shape index (κ3) is 2.38. The van der Waals surface area contributed by atoms with Gasteiger partial charge in [0.2, 0.25) is 0 Å². The van der Waals surface area contributed by atoms with Crippen LogP contribution in [0.25, 0.3) is 11.5 Å². The quantitative estimate of drug-likeness (QED) is 0.909. The highest BCUT2D eigenvalue weighted by molar-refractivity contribution is 5.53. The van der Waals surface area contributed by atoms with Gasteiger partial charge in [0.25, 0.3) is 5.89 Å². The molecule has 1 atom stereocenters. The van der Waals surface area contributed by atoms with Crippen molar-refractivity contribution in [3.63, 3.8) is 0 Å². The zero-order chi connectivity index (χ0) is 13.1. The zero-order valence-electron chi connectivity index (χ0n) is 9.86. The maximum absolute atomic E-state index is 13.5. The molecular weight excluding hydrogens is 240 g/mol. The lowest BCUT2D eigenvalue weighted by Crippen LogP contribution is -2.11. The second-order valence-electron chi connectivity index (χ2n) is 3.95. The number of rotatable bonds is 4. The SMILES string of the molecule is CCCC(N)c1noc(-c2cccc(F)c2F)n1. The predicted molar refractivity (Wildman–Crippen MR) is 61.5 cm³/mol. The summed E-state index contributed by atoms with van der Waals surface area (Å²) < 4.78 is 31.5. The average Bonchev–Trinajstić information content (AvgIpc) is 2.82. The zero-order valence-corrected chi connectivity index (χ0v) is 9.86. The summed E-state index contributed by atoms with van der Waals surface area (Å²) in [6.07, 6.45) is 1.57. The molecule has 0 radical (unpaired) electrons. The molecule has 0 aliphatic carbocycles. The van der Waals surface area contributed by atoms with Crippen LogP contribution in [0.15, 0.2) is 22.7 Å². The van der Waals surface area contributed by atoms with Crippen LogP contribution in [0.2, 0.25) is 0 Å². The maximum Gasteiger partial charge on any atom is 0.261 e. The first-order valence-electron chi connectivity index (χ1n) is 5.67. The van der Waals surface area contributed by atoms with E-state index in [1.807, 2.05) is 6.92 Å². The Balaban J connectivity index is 2.32. The molecule has 96 valence electrons. The summed E-state index contributed by atoms with van der Waals surface area (Å²) in [4.78, 5) is 3.99. The van der Waals surface area contributed by atoms with E-state index < -0.39 is 11.6 Å². The van der Waals surface area contributed by atoms with Crippen LogP contribution in [-0.4, -0.2) is 10.1 Å². The van der Waals surface area contributed by atoms with Crippen molar-refractivity contribution in [2.45, 2.75) is 25.8 Å². The predicted octanol–water partition coefficient (Wildman–Crippen LogP) is 2.81. The molecule has 1 aromatic carbocycles. The summed E-state index contributed by atoms with van der Waals surface area (Å²) >= 11 is 0. The number of halogens is 2. The molecule has 2 rings (SSSR count). The number of nitrogens with two attached hydrogens (primary N) is 1. The molecule has 4 nitrogen and oxygen atoms in total. The normalized spacial score (nSPS) is 12.7. The molecule has 1 unspecified atom stereocenters. The van der Waals surface area contributed by atoms with Gasteiger partial charge in [0.05, 0.1) is 11.6 Å². The van der Waals surface area contributed by atoms with Crippen molar-refractivity contribution < 1.29 is 13.3 Å². The summed E-state index contributed by atoms with van der Waals surface area (Å²) in [6, 6.07) is 3.42. The van der Waals surface area contributed by atoms with E-state index in [9.17, 15) is 8.78 Å². The van der Waals surface area contributed by atoms with Gasteiger partial charge in [-0.05, 0) is 18.6 Å². The minimum absolute atomic E-state index is 0.0579. The van der Waals surface area contributed by atoms with Crippen molar-refractivity contribution in [1.82, 2.24) is 10.1 Å². The molecule has 0 bridgehead atoms. The molecule has 18 heavy (non-hydrogen) atoms. The Labute approximate surface area is 103 Å². The van der Waals surface area contributed by atoms with Crippen molar-refractivity contribution >= 4 is 0 Å². The Morgan fingerprint density at radius 3 is 2.89 bits per heavy atom. The van der Waals surface area contributed by atoms with E-state index in [1.54, 1.807) is 0 Å². The Hall–Kier alpha value is -1.82. The lowest BCUT2D eigenvalue weighted by Gasteiger charge is -2.02. The molecule has 1 heterocycles. The smallest absolute Gasteiger partial charge is 0.261 e. The third-order valence-electron chi connectivity index (χ3n) is 2.56. The summed E-state index contributed by atoms with van der Waals surface area (Å²) in [6.45, 7) is 1.98. The summed E-state index contributed by atoms with van der Waals surface area (Å²) in [7, 11) is 0. The Morgan fingerprint density at radius 1 is 1.39 bits per heavy atom. The molecule has 0 aliphatic heterocycles. The fourth-order valence-electron chi connectivity index (χ4n) is 1.60. The van der Waals surface area contributed by atoms with Gasteiger partial charge in [-0.25, -0.2) is 8.78 Å². The van der Waals surface area contributed by atoms with Crippen LogP contribution in [0.3, 0.4) is 0 Å². The first-order valence-corrected chi connectivity index (χ1v) is 5.67. The Morgan fingerprint density at radius 2 is 2.17 bits per heavy atom. The van der Waals surface area contributed by atoms with E-state index in [-0.39, 0.29) is 17.5 Å². The molecule has 1 aromatic heterocycles. The lowest BCUT2D eigenvalue weighted by atomic mass is 10.1. The highest BCUT2D eigenvalue weighted by Gasteiger charge is 2.18. The second-order valence-corrected chi connectivity index (χ2v) is 3.95. The fraction of sp³-hybridized carbons (Fsp3) is 0.333. The van der Waals surface area contributed by atoms with Gasteiger partial charge in [0.15, 0.2) is 17.5 Å². The van der Waals surface area contributed by atoms with Crippen LogP contribution >= 0.6 is 0 Å². The van der Waals surface area contributed by atoms with Crippen molar-refractivity contribution in [2.75, 3.05) is 0 Å². The topological polar surface area (TPSA) is 64.9 Å². The van der Waals surface area contributed by atoms with E-state index in [4.69, 9.17) is 10.3 Å². The van der Waals surface area contributed by atoms with Crippen LogP contribution in [0.4, 0.5) is 8.78 Å². The van der Waals surface area contributed by atoms with Gasteiger partial charge in [0.1, 0.15) is 0 Å². The molecule has 0 saturated carbocycles. The fourth-order valence-corrected chi connectivity index (χ4v) is 1.60. The van der Waals surface area contributed by atoms with Gasteiger partial charge >= 0.3 is 0 Å². The van der Waals surface area contributed by atoms with Crippen LogP contribution in [0.1, 0.15) is 31.6 Å². The molecule has 0 amide bonds. The lowest BCUT2D eigenvalue weighted by molar-refractivity contribution is 0.409. The number of nitrogens with zero attached hydrogens (tertiary/aromatic N) is 2. The molecule has 6 heteroatoms. The van der Waals surface area contributed by atoms with E-state index >= 15 is 0 Å². The monoisotopic (exact) mass is 253 g/mol. The van der Waals surface area contributed by atoms with Crippen molar-refractivity contribution in [3.05, 3.63) is 35.7 Å². The van der Waals surface area contributed by atoms with Crippen LogP contribution in [0.5, 0.6) is 0 Å². The molecular formula is C12H13F2N3O. The van der Waals surface area contributed by atoms with Gasteiger partial charge < -0.3 is 10.3 Å². The first-order chi connectivity index (χ1) is 8.63. The Kier molecular flexibility index (Phi) is 3.66. The minimum Gasteiger partial charge on any atom is -0.334 e. The minimum atomic E-state index is -1.00. The number of hydrogen-bond donors (Lipinski definition) is 1. The van der Waals surface area contributed by atoms with Crippen molar-refractivity contribution in [3.8, 4) is 11.5 Å². The van der Waals surface area contributed by atoms with E-state index in [0.717, 1.165) is 12.5 Å². The largest absolute Gasteiger partial charge is 0.334 e. The maximum atomic E-state index is 13.5. The number of aromatic nitrogens is 2. The molecule has 2 aromatic rings. The highest BCUT2D eigenvalue weighted by Crippen LogP contribution is 2.24. The summed E-state index contributed by atoms with van der Waals surface area (Å²) in [5.41, 5.74) is 5.75. The average molecular weight is 253 g/mol. The molecule has 0 saturated heterocycles. The first kappa shape index (κ1) is 12.6. The third-order valence-corrected chi connectivity index (χ3v) is 2.56. The van der Waals surface area contributed by atoms with Gasteiger partial charge in [-0.1, -0.05) is 24.6 Å². The van der Waals surface area contributed by atoms with Crippen molar-refractivity contribution in [2.24, 2.45) is 5.73 Å². The number of hydrogen-bond acceptors (Lipinski definition) is 4. The summed E-state index contributed by atoms with van der Waals surface area (Å²) in [5, 5.41) is 3.68. The molecule has 0 fully saturated rings. The van der Waals surface area contributed by atoms with E-state index in [0.29, 0.717) is 12.2 Å². The van der Waals surface area contributed by atoms with Gasteiger partial charge in [-0.3, -0.25) is 0 Å². The van der Waals surface area contributed by atoms with Gasteiger partial charge in [-0.2, -0.15) is 4.98 Å². The van der Waals surface area contributed by atoms with Gasteiger partial charge in [0, 0.05) is 0 Å². The summed E-state index contributed by atoms with van der Waals surface area (Å²) in [5.74, 6) is -1.72. The van der Waals surface area contributed by atoms with Crippen molar-refractivity contribution in [1.29, 1.82) is 0 Å².